The minimum Gasteiger partial charge on any atom is -0.508 e. The van der Waals surface area contributed by atoms with Crippen molar-refractivity contribution < 1.29 is 24.9 Å². The Balaban J connectivity index is 1.85. The molecule has 0 spiro atoms. The van der Waals surface area contributed by atoms with Gasteiger partial charge in [0.2, 0.25) is 0 Å². The van der Waals surface area contributed by atoms with E-state index in [0.29, 0.717) is 11.5 Å². The Morgan fingerprint density at radius 3 is 2.51 bits per heavy atom. The highest BCUT2D eigenvalue weighted by Gasteiger charge is 2.59. The molecule has 35 heavy (non-hydrogen) atoms. The van der Waals surface area contributed by atoms with Crippen molar-refractivity contribution in [1.29, 1.82) is 0 Å². The first-order chi connectivity index (χ1) is 16.6. The number of ether oxygens (including phenoxy) is 1. The number of hydrogen-bond donors (Lipinski definition) is 4. The highest BCUT2D eigenvalue weighted by Crippen LogP contribution is 2.54. The third-order valence-corrected chi connectivity index (χ3v) is 8.19. The number of carbonyl (C=O) groups excluding carboxylic acids is 1. The van der Waals surface area contributed by atoms with E-state index in [0.717, 1.165) is 19.3 Å². The van der Waals surface area contributed by atoms with E-state index in [4.69, 9.17) is 4.74 Å². The predicted octanol–water partition coefficient (Wildman–Crippen LogP) is 4.28. The molecule has 0 unspecified atom stereocenters. The van der Waals surface area contributed by atoms with Crippen LogP contribution in [0.2, 0.25) is 0 Å². The first kappa shape index (κ1) is 25.2. The lowest BCUT2D eigenvalue weighted by atomic mass is 9.52. The fourth-order valence-corrected chi connectivity index (χ4v) is 6.58. The van der Waals surface area contributed by atoms with Crippen LogP contribution in [0.15, 0.2) is 47.4 Å². The number of rotatable bonds is 5. The summed E-state index contributed by atoms with van der Waals surface area (Å²) in [6.07, 6.45) is 7.13. The Morgan fingerprint density at radius 2 is 1.89 bits per heavy atom. The first-order valence-electron chi connectivity index (χ1n) is 12.3. The maximum Gasteiger partial charge on any atom is 0.262 e. The molecule has 4 rings (SSSR count). The number of ketones is 1. The number of Topliss-reactive ketones (excluding diaryl/α,β-unsaturated/α-hetero) is 1. The van der Waals surface area contributed by atoms with Gasteiger partial charge in [-0.25, -0.2) is 0 Å². The summed E-state index contributed by atoms with van der Waals surface area (Å²) in [7, 11) is 1.48. The number of phenolic OH excluding ortho intramolecular Hbond substituents is 1. The van der Waals surface area contributed by atoms with Gasteiger partial charge in [-0.05, 0) is 68.1 Å². The van der Waals surface area contributed by atoms with Gasteiger partial charge >= 0.3 is 0 Å². The van der Waals surface area contributed by atoms with E-state index in [1.807, 2.05) is 19.1 Å². The monoisotopic (exact) mass is 481 g/mol. The molecule has 0 amide bonds. The van der Waals surface area contributed by atoms with Crippen LogP contribution >= 0.6 is 0 Å². The average Bonchev–Trinajstić information content (AvgIpc) is 2.81. The number of aliphatic hydroxyl groups is 1. The van der Waals surface area contributed by atoms with E-state index in [1.165, 1.54) is 25.4 Å². The van der Waals surface area contributed by atoms with Crippen LogP contribution in [0.25, 0.3) is 11.1 Å². The number of carbonyl (C=O) groups is 1. The molecule has 1 heterocycles. The second-order valence-corrected chi connectivity index (χ2v) is 10.4. The van der Waals surface area contributed by atoms with Crippen LogP contribution in [0.3, 0.4) is 0 Å². The molecule has 188 valence electrons. The van der Waals surface area contributed by atoms with Crippen LogP contribution in [-0.4, -0.2) is 44.9 Å². The number of nitrogens with one attached hydrogen (secondary N) is 1. The van der Waals surface area contributed by atoms with Gasteiger partial charge in [-0.3, -0.25) is 9.59 Å². The zero-order valence-corrected chi connectivity index (χ0v) is 20.7. The normalized spacial score (nSPS) is 32.9. The minimum absolute atomic E-state index is 0.0379. The Hall–Kier alpha value is -2.90. The van der Waals surface area contributed by atoms with Crippen LogP contribution in [0, 0.1) is 29.6 Å². The van der Waals surface area contributed by atoms with Crippen LogP contribution < -0.4 is 5.56 Å². The van der Waals surface area contributed by atoms with Crippen LogP contribution in [0.1, 0.15) is 50.4 Å². The van der Waals surface area contributed by atoms with Crippen molar-refractivity contribution in [2.24, 2.45) is 29.6 Å². The SMILES string of the molecule is C/C=C/[C@@H]1[C@@H]2C[C@H](C)CC[C@@H]2[C@](C)(O)[C@H](OC)[C@H]1C(=O)c1c(O)c(-c2ccc(O)cc2)c[nH]c1=O. The number of aromatic nitrogens is 1. The summed E-state index contributed by atoms with van der Waals surface area (Å²) >= 11 is 0. The molecular weight excluding hydrogens is 446 g/mol. The van der Waals surface area contributed by atoms with Gasteiger partial charge < -0.3 is 25.0 Å². The molecule has 2 aromatic rings. The maximum absolute atomic E-state index is 14.1. The molecule has 2 aliphatic rings. The molecule has 0 radical (unpaired) electrons. The van der Waals surface area contributed by atoms with E-state index in [1.54, 1.807) is 19.1 Å². The van der Waals surface area contributed by atoms with Crippen molar-refractivity contribution in [3.05, 3.63) is 58.5 Å². The van der Waals surface area contributed by atoms with Crippen molar-refractivity contribution in [3.8, 4) is 22.6 Å². The summed E-state index contributed by atoms with van der Waals surface area (Å²) < 4.78 is 5.80. The lowest BCUT2D eigenvalue weighted by Gasteiger charge is -2.56. The summed E-state index contributed by atoms with van der Waals surface area (Å²) in [6, 6.07) is 6.12. The van der Waals surface area contributed by atoms with Crippen LogP contribution in [0.4, 0.5) is 0 Å². The number of methoxy groups -OCH3 is 1. The van der Waals surface area contributed by atoms with Crippen LogP contribution in [0.5, 0.6) is 11.5 Å². The largest absolute Gasteiger partial charge is 0.508 e. The van der Waals surface area contributed by atoms with E-state index < -0.39 is 34.7 Å². The fourth-order valence-electron chi connectivity index (χ4n) is 6.58. The van der Waals surface area contributed by atoms with Crippen molar-refractivity contribution >= 4 is 5.78 Å². The molecule has 2 saturated carbocycles. The molecule has 0 bridgehead atoms. The number of benzene rings is 1. The third-order valence-electron chi connectivity index (χ3n) is 8.19. The van der Waals surface area contributed by atoms with Crippen molar-refractivity contribution in [2.75, 3.05) is 7.11 Å². The zero-order chi connectivity index (χ0) is 25.5. The van der Waals surface area contributed by atoms with Gasteiger partial charge in [0, 0.05) is 18.9 Å². The number of aromatic hydroxyl groups is 2. The average molecular weight is 482 g/mol. The van der Waals surface area contributed by atoms with E-state index in [-0.39, 0.29) is 34.6 Å². The number of phenols is 1. The van der Waals surface area contributed by atoms with Gasteiger partial charge in [-0.2, -0.15) is 0 Å². The molecule has 7 nitrogen and oxygen atoms in total. The molecular formula is C28H35NO6. The van der Waals surface area contributed by atoms with Crippen molar-refractivity contribution in [1.82, 2.24) is 4.98 Å². The van der Waals surface area contributed by atoms with Gasteiger partial charge in [0.15, 0.2) is 5.78 Å². The highest BCUT2D eigenvalue weighted by atomic mass is 16.5. The Morgan fingerprint density at radius 1 is 1.20 bits per heavy atom. The van der Waals surface area contributed by atoms with E-state index in [2.05, 4.69) is 11.9 Å². The Labute approximate surface area is 205 Å². The topological polar surface area (TPSA) is 120 Å². The highest BCUT2D eigenvalue weighted by molar-refractivity contribution is 6.02. The second-order valence-electron chi connectivity index (χ2n) is 10.4. The molecule has 1 aromatic heterocycles. The first-order valence-corrected chi connectivity index (χ1v) is 12.3. The van der Waals surface area contributed by atoms with Crippen LogP contribution in [-0.2, 0) is 4.74 Å². The second kappa shape index (κ2) is 9.63. The van der Waals surface area contributed by atoms with Crippen molar-refractivity contribution in [3.63, 3.8) is 0 Å². The zero-order valence-electron chi connectivity index (χ0n) is 20.7. The van der Waals surface area contributed by atoms with Gasteiger partial charge in [-0.15, -0.1) is 0 Å². The summed E-state index contributed by atoms with van der Waals surface area (Å²) in [5, 5.41) is 32.5. The Bertz CT molecular complexity index is 1160. The lowest BCUT2D eigenvalue weighted by molar-refractivity contribution is -0.193. The van der Waals surface area contributed by atoms with Gasteiger partial charge in [-0.1, -0.05) is 37.6 Å². The molecule has 1 aromatic carbocycles. The van der Waals surface area contributed by atoms with Gasteiger partial charge in [0.05, 0.1) is 17.6 Å². The summed E-state index contributed by atoms with van der Waals surface area (Å²) in [6.45, 7) is 5.82. The van der Waals surface area contributed by atoms with Crippen molar-refractivity contribution in [2.45, 2.75) is 51.7 Å². The maximum atomic E-state index is 14.1. The van der Waals surface area contributed by atoms with Gasteiger partial charge in [0.1, 0.15) is 17.1 Å². The number of H-pyrrole nitrogens is 1. The summed E-state index contributed by atoms with van der Waals surface area (Å²) in [5.74, 6) is -1.53. The lowest BCUT2D eigenvalue weighted by Crippen LogP contribution is -2.63. The number of fused-ring (bicyclic) bond motifs is 1. The molecule has 2 fully saturated rings. The molecule has 0 aliphatic heterocycles. The quantitative estimate of drug-likeness (QED) is 0.374. The third kappa shape index (κ3) is 4.32. The number of pyridine rings is 1. The summed E-state index contributed by atoms with van der Waals surface area (Å²) in [4.78, 5) is 29.6. The Kier molecular flexibility index (Phi) is 6.93. The minimum atomic E-state index is -1.27. The molecule has 7 heteroatoms. The number of aromatic amines is 1. The summed E-state index contributed by atoms with van der Waals surface area (Å²) in [5.41, 5.74) is -1.49. The molecule has 4 N–H and O–H groups in total. The van der Waals surface area contributed by atoms with E-state index in [9.17, 15) is 24.9 Å². The molecule has 0 saturated heterocycles. The number of allylic oxidation sites excluding steroid dienone is 2. The standard InChI is InChI=1S/C28H35NO6/c1-5-6-18-19-13-15(2)7-12-21(19)28(3,34)26(35-4)22(18)25(32)23-24(31)20(14-29-27(23)33)16-8-10-17(30)11-9-16/h5-6,8-11,14-15,18-19,21-22,26,30,34H,7,12-13H2,1-4H3,(H2,29,31,33)/b6-5+/t15-,18-,19+,21+,22-,26-,28+/m1/s1. The van der Waals surface area contributed by atoms with E-state index >= 15 is 0 Å². The molecule has 2 aliphatic carbocycles. The number of hydrogen-bond acceptors (Lipinski definition) is 6. The van der Waals surface area contributed by atoms with Gasteiger partial charge in [0.25, 0.3) is 5.56 Å². The fraction of sp³-hybridized carbons (Fsp3) is 0.500. The molecule has 7 atom stereocenters. The smallest absolute Gasteiger partial charge is 0.262 e. The predicted molar refractivity (Wildman–Crippen MR) is 133 cm³/mol.